The number of H-pyrrole nitrogens is 1. The predicted octanol–water partition coefficient (Wildman–Crippen LogP) is 3.55. The lowest BCUT2D eigenvalue weighted by Gasteiger charge is -2.17. The normalized spacial score (nSPS) is 17.6. The summed E-state index contributed by atoms with van der Waals surface area (Å²) in [6.07, 6.45) is 8.16. The summed E-state index contributed by atoms with van der Waals surface area (Å²) in [6.45, 7) is 1.85. The van der Waals surface area contributed by atoms with Crippen molar-refractivity contribution in [2.75, 3.05) is 25.1 Å². The Bertz CT molecular complexity index is 1370. The van der Waals surface area contributed by atoms with Crippen LogP contribution < -0.4 is 15.4 Å². The van der Waals surface area contributed by atoms with E-state index in [2.05, 4.69) is 25.7 Å². The number of hydrogen-bond acceptors (Lipinski definition) is 6. The molecule has 34 heavy (non-hydrogen) atoms. The summed E-state index contributed by atoms with van der Waals surface area (Å²) in [5.74, 6) is 0.556. The highest BCUT2D eigenvalue weighted by molar-refractivity contribution is 6.07. The van der Waals surface area contributed by atoms with Gasteiger partial charge in [-0.15, -0.1) is 0 Å². The minimum Gasteiger partial charge on any atom is -0.489 e. The molecule has 0 saturated carbocycles. The van der Waals surface area contributed by atoms with Crippen LogP contribution in [-0.2, 0) is 18.2 Å². The van der Waals surface area contributed by atoms with Gasteiger partial charge in [0.25, 0.3) is 5.91 Å². The summed E-state index contributed by atoms with van der Waals surface area (Å²) in [4.78, 5) is 20.7. The van der Waals surface area contributed by atoms with Gasteiger partial charge in [-0.3, -0.25) is 14.5 Å². The van der Waals surface area contributed by atoms with Crippen molar-refractivity contribution in [3.05, 3.63) is 54.1 Å². The highest BCUT2D eigenvalue weighted by atomic mass is 16.5. The smallest absolute Gasteiger partial charge is 0.255 e. The number of anilines is 2. The number of benzene rings is 1. The average molecular weight is 459 g/mol. The maximum atomic E-state index is 12.9. The van der Waals surface area contributed by atoms with Crippen LogP contribution in [0, 0.1) is 0 Å². The number of carbonyl (C=O) groups is 1. The first-order valence-electron chi connectivity index (χ1n) is 11.6. The number of fused-ring (bicyclic) bond motifs is 2. The van der Waals surface area contributed by atoms with Gasteiger partial charge in [-0.25, -0.2) is 0 Å². The standard InChI is InChI=1S/C25H26N6O3/c1-31-20-6-2-5-18(17(20)12-28-31)29-24-22-19(8-10-27-25(22)32)30-23(24)16-7-9-26-13-21(16)34-14-15-4-3-11-33-15/h2,5-7,9,12-13,15,29-30H,3-4,8,10-11,14H2,1H3,(H,27,32)/t15-/m1/s1. The van der Waals surface area contributed by atoms with Gasteiger partial charge in [-0.1, -0.05) is 6.07 Å². The number of pyridine rings is 1. The van der Waals surface area contributed by atoms with Crippen LogP contribution in [-0.4, -0.2) is 51.5 Å². The molecule has 174 valence electrons. The Balaban J connectivity index is 1.44. The quantitative estimate of drug-likeness (QED) is 0.408. The third-order valence-electron chi connectivity index (χ3n) is 6.52. The minimum atomic E-state index is -0.0968. The van der Waals surface area contributed by atoms with Gasteiger partial charge in [-0.2, -0.15) is 5.10 Å². The molecule has 0 radical (unpaired) electrons. The van der Waals surface area contributed by atoms with Crippen molar-refractivity contribution in [2.45, 2.75) is 25.4 Å². The topological polar surface area (TPSA) is 106 Å². The van der Waals surface area contributed by atoms with Crippen molar-refractivity contribution in [1.29, 1.82) is 0 Å². The first-order valence-corrected chi connectivity index (χ1v) is 11.6. The molecule has 1 fully saturated rings. The summed E-state index contributed by atoms with van der Waals surface area (Å²) in [6, 6.07) is 7.91. The van der Waals surface area contributed by atoms with Crippen molar-refractivity contribution < 1.29 is 14.3 Å². The summed E-state index contributed by atoms with van der Waals surface area (Å²) < 4.78 is 13.7. The number of hydrogen-bond donors (Lipinski definition) is 3. The van der Waals surface area contributed by atoms with Crippen LogP contribution >= 0.6 is 0 Å². The largest absolute Gasteiger partial charge is 0.489 e. The molecule has 0 spiro atoms. The van der Waals surface area contributed by atoms with Gasteiger partial charge in [-0.05, 0) is 31.0 Å². The maximum absolute atomic E-state index is 12.9. The lowest BCUT2D eigenvalue weighted by molar-refractivity contribution is 0.0680. The number of nitrogens with zero attached hydrogens (tertiary/aromatic N) is 3. The summed E-state index contributed by atoms with van der Waals surface area (Å²) in [5, 5.41) is 11.9. The molecule has 1 atom stereocenters. The molecule has 0 unspecified atom stereocenters. The van der Waals surface area contributed by atoms with E-state index in [9.17, 15) is 4.79 Å². The fourth-order valence-electron chi connectivity index (χ4n) is 4.79. The fourth-order valence-corrected chi connectivity index (χ4v) is 4.79. The Labute approximate surface area is 196 Å². The number of aromatic amines is 1. The molecular weight excluding hydrogens is 432 g/mol. The fraction of sp³-hybridized carbons (Fsp3) is 0.320. The molecule has 2 aliphatic heterocycles. The Morgan fingerprint density at radius 1 is 1.29 bits per heavy atom. The van der Waals surface area contributed by atoms with E-state index >= 15 is 0 Å². The van der Waals surface area contributed by atoms with Gasteiger partial charge in [0.2, 0.25) is 0 Å². The van der Waals surface area contributed by atoms with E-state index in [1.54, 1.807) is 12.4 Å². The lowest BCUT2D eigenvalue weighted by Crippen LogP contribution is -2.31. The minimum absolute atomic E-state index is 0.0939. The Kier molecular flexibility index (Phi) is 5.18. The van der Waals surface area contributed by atoms with Crippen LogP contribution in [0.2, 0.25) is 0 Å². The number of nitrogens with one attached hydrogen (secondary N) is 3. The van der Waals surface area contributed by atoms with Crippen LogP contribution in [0.1, 0.15) is 28.9 Å². The molecule has 1 aromatic carbocycles. The van der Waals surface area contributed by atoms with Gasteiger partial charge in [0.05, 0.1) is 41.0 Å². The van der Waals surface area contributed by atoms with Crippen LogP contribution in [0.5, 0.6) is 5.75 Å². The zero-order valence-electron chi connectivity index (χ0n) is 18.9. The molecule has 0 aliphatic carbocycles. The van der Waals surface area contributed by atoms with Gasteiger partial charge >= 0.3 is 0 Å². The molecule has 3 N–H and O–H groups in total. The Morgan fingerprint density at radius 3 is 3.12 bits per heavy atom. The Hall–Kier alpha value is -3.85. The average Bonchev–Trinajstić information content (AvgIpc) is 3.59. The van der Waals surface area contributed by atoms with Gasteiger partial charge in [0.1, 0.15) is 12.4 Å². The molecule has 1 saturated heterocycles. The zero-order valence-corrected chi connectivity index (χ0v) is 18.9. The number of aryl methyl sites for hydroxylation is 1. The van der Waals surface area contributed by atoms with Gasteiger partial charge in [0.15, 0.2) is 0 Å². The van der Waals surface area contributed by atoms with Crippen molar-refractivity contribution in [3.8, 4) is 17.0 Å². The van der Waals surface area contributed by atoms with Crippen LogP contribution in [0.25, 0.3) is 22.2 Å². The lowest BCUT2D eigenvalue weighted by atomic mass is 10.0. The monoisotopic (exact) mass is 458 g/mol. The third-order valence-corrected chi connectivity index (χ3v) is 6.52. The maximum Gasteiger partial charge on any atom is 0.255 e. The van der Waals surface area contributed by atoms with Crippen molar-refractivity contribution >= 4 is 28.2 Å². The van der Waals surface area contributed by atoms with Crippen LogP contribution in [0.15, 0.2) is 42.9 Å². The molecule has 4 aromatic rings. The second-order valence-corrected chi connectivity index (χ2v) is 8.68. The predicted molar refractivity (Wildman–Crippen MR) is 129 cm³/mol. The second kappa shape index (κ2) is 8.49. The van der Waals surface area contributed by atoms with E-state index in [0.717, 1.165) is 65.1 Å². The number of rotatable bonds is 6. The van der Waals surface area contributed by atoms with E-state index in [4.69, 9.17) is 9.47 Å². The van der Waals surface area contributed by atoms with E-state index in [-0.39, 0.29) is 12.0 Å². The first kappa shape index (κ1) is 20.7. The van der Waals surface area contributed by atoms with E-state index < -0.39 is 0 Å². The van der Waals surface area contributed by atoms with Gasteiger partial charge in [0, 0.05) is 55.1 Å². The molecule has 3 aromatic heterocycles. The molecule has 5 heterocycles. The number of aromatic nitrogens is 4. The first-order chi connectivity index (χ1) is 16.7. The highest BCUT2D eigenvalue weighted by Crippen LogP contribution is 2.41. The SMILES string of the molecule is Cn1ncc2c(Nc3c(-c4ccncc4OC[C@H]4CCCO4)[nH]c4c3C(=O)NCC4)cccc21. The zero-order chi connectivity index (χ0) is 23.1. The molecule has 9 heteroatoms. The van der Waals surface area contributed by atoms with E-state index in [0.29, 0.717) is 24.5 Å². The third kappa shape index (κ3) is 3.58. The summed E-state index contributed by atoms with van der Waals surface area (Å²) in [7, 11) is 1.91. The molecule has 6 rings (SSSR count). The Morgan fingerprint density at radius 2 is 2.24 bits per heavy atom. The van der Waals surface area contributed by atoms with Crippen molar-refractivity contribution in [3.63, 3.8) is 0 Å². The molecule has 0 bridgehead atoms. The summed E-state index contributed by atoms with van der Waals surface area (Å²) >= 11 is 0. The van der Waals surface area contributed by atoms with Crippen molar-refractivity contribution in [2.24, 2.45) is 7.05 Å². The van der Waals surface area contributed by atoms with Gasteiger partial charge < -0.3 is 25.1 Å². The number of ether oxygens (including phenoxy) is 2. The van der Waals surface area contributed by atoms with Crippen LogP contribution in [0.3, 0.4) is 0 Å². The summed E-state index contributed by atoms with van der Waals surface area (Å²) in [5.41, 5.74) is 5.78. The van der Waals surface area contributed by atoms with E-state index in [1.165, 1.54) is 0 Å². The van der Waals surface area contributed by atoms with Crippen LogP contribution in [0.4, 0.5) is 11.4 Å². The molecule has 9 nitrogen and oxygen atoms in total. The number of carbonyl (C=O) groups excluding carboxylic acids is 1. The van der Waals surface area contributed by atoms with Crippen molar-refractivity contribution in [1.82, 2.24) is 25.1 Å². The molecule has 2 aliphatic rings. The van der Waals surface area contributed by atoms with E-state index in [1.807, 2.05) is 42.2 Å². The number of amides is 1. The molecular formula is C25H26N6O3. The molecule has 1 amide bonds. The highest BCUT2D eigenvalue weighted by Gasteiger charge is 2.29. The second-order valence-electron chi connectivity index (χ2n) is 8.68.